The molecule has 6 heteroatoms. The second kappa shape index (κ2) is 8.81. The van der Waals surface area contributed by atoms with Crippen molar-refractivity contribution in [1.29, 1.82) is 0 Å². The Kier molecular flexibility index (Phi) is 8.13. The first-order chi connectivity index (χ1) is 8.01. The molecule has 0 aliphatic rings. The minimum atomic E-state index is -0.904. The van der Waals surface area contributed by atoms with Crippen molar-refractivity contribution in [2.45, 2.75) is 33.2 Å². The van der Waals surface area contributed by atoms with Gasteiger partial charge in [0.15, 0.2) is 0 Å². The second-order valence-corrected chi connectivity index (χ2v) is 3.73. The predicted octanol–water partition coefficient (Wildman–Crippen LogP) is 0.918. The zero-order valence-electron chi connectivity index (χ0n) is 10.7. The lowest BCUT2D eigenvalue weighted by atomic mass is 10.3. The number of carbonyl (C=O) groups excluding carboxylic acids is 1. The van der Waals surface area contributed by atoms with Gasteiger partial charge in [-0.05, 0) is 20.8 Å². The molecule has 100 valence electrons. The molecule has 0 rings (SSSR count). The number of aliphatic carboxylic acids is 1. The molecule has 1 atom stereocenters. The van der Waals surface area contributed by atoms with E-state index < -0.39 is 5.97 Å². The average molecular weight is 246 g/mol. The Morgan fingerprint density at radius 3 is 2.53 bits per heavy atom. The standard InChI is InChI=1S/C11H22N2O4/c1-4-13(7-6-10(14)15)11(16)12-9(3)8-17-5-2/h9H,4-8H2,1-3H3,(H,12,16)(H,14,15). The highest BCUT2D eigenvalue weighted by molar-refractivity contribution is 5.75. The molecule has 0 radical (unpaired) electrons. The number of carboxylic acids is 1. The van der Waals surface area contributed by atoms with Gasteiger partial charge in [-0.1, -0.05) is 0 Å². The number of rotatable bonds is 8. The summed E-state index contributed by atoms with van der Waals surface area (Å²) in [5, 5.41) is 11.3. The van der Waals surface area contributed by atoms with Crippen LogP contribution in [0.4, 0.5) is 4.79 Å². The zero-order chi connectivity index (χ0) is 13.3. The van der Waals surface area contributed by atoms with Gasteiger partial charge in [0.05, 0.1) is 19.1 Å². The first-order valence-corrected chi connectivity index (χ1v) is 5.86. The average Bonchev–Trinajstić information content (AvgIpc) is 2.26. The fraction of sp³-hybridized carbons (Fsp3) is 0.818. The molecule has 0 saturated carbocycles. The van der Waals surface area contributed by atoms with E-state index in [9.17, 15) is 9.59 Å². The van der Waals surface area contributed by atoms with Gasteiger partial charge >= 0.3 is 12.0 Å². The predicted molar refractivity (Wildman–Crippen MR) is 64.0 cm³/mol. The van der Waals surface area contributed by atoms with Crippen molar-refractivity contribution >= 4 is 12.0 Å². The number of carbonyl (C=O) groups is 2. The van der Waals surface area contributed by atoms with Crippen molar-refractivity contribution in [2.24, 2.45) is 0 Å². The summed E-state index contributed by atoms with van der Waals surface area (Å²) in [7, 11) is 0. The number of ether oxygens (including phenoxy) is 1. The Labute approximate surface area is 102 Å². The van der Waals surface area contributed by atoms with Crippen LogP contribution < -0.4 is 5.32 Å². The third-order valence-corrected chi connectivity index (χ3v) is 2.21. The van der Waals surface area contributed by atoms with Crippen LogP contribution in [-0.2, 0) is 9.53 Å². The highest BCUT2D eigenvalue weighted by Crippen LogP contribution is 1.95. The third-order valence-electron chi connectivity index (χ3n) is 2.21. The summed E-state index contributed by atoms with van der Waals surface area (Å²) < 4.78 is 5.18. The molecule has 0 aliphatic carbocycles. The van der Waals surface area contributed by atoms with Crippen LogP contribution in [0, 0.1) is 0 Å². The smallest absolute Gasteiger partial charge is 0.317 e. The molecule has 0 aliphatic heterocycles. The van der Waals surface area contributed by atoms with Crippen LogP contribution >= 0.6 is 0 Å². The van der Waals surface area contributed by atoms with E-state index in [1.807, 2.05) is 20.8 Å². The van der Waals surface area contributed by atoms with Gasteiger partial charge in [-0.25, -0.2) is 4.79 Å². The Morgan fingerprint density at radius 1 is 1.41 bits per heavy atom. The second-order valence-electron chi connectivity index (χ2n) is 3.73. The van der Waals surface area contributed by atoms with Crippen LogP contribution in [-0.4, -0.2) is 54.4 Å². The molecule has 0 bridgehead atoms. The van der Waals surface area contributed by atoms with Crippen LogP contribution in [0.3, 0.4) is 0 Å². The fourth-order valence-electron chi connectivity index (χ4n) is 1.27. The normalized spacial score (nSPS) is 11.9. The van der Waals surface area contributed by atoms with Crippen molar-refractivity contribution in [3.05, 3.63) is 0 Å². The van der Waals surface area contributed by atoms with Gasteiger partial charge in [0.25, 0.3) is 0 Å². The van der Waals surface area contributed by atoms with Gasteiger partial charge in [-0.2, -0.15) is 0 Å². The molecule has 0 spiro atoms. The maximum absolute atomic E-state index is 11.7. The van der Waals surface area contributed by atoms with Crippen LogP contribution in [0.2, 0.25) is 0 Å². The van der Waals surface area contributed by atoms with E-state index in [0.29, 0.717) is 19.8 Å². The van der Waals surface area contributed by atoms with Crippen molar-refractivity contribution in [3.8, 4) is 0 Å². The molecule has 0 fully saturated rings. The lowest BCUT2D eigenvalue weighted by molar-refractivity contribution is -0.137. The zero-order valence-corrected chi connectivity index (χ0v) is 10.7. The summed E-state index contributed by atoms with van der Waals surface area (Å²) >= 11 is 0. The molecule has 0 saturated heterocycles. The summed E-state index contributed by atoms with van der Waals surface area (Å²) in [6, 6.07) is -0.331. The number of hydrogen-bond acceptors (Lipinski definition) is 3. The summed E-state index contributed by atoms with van der Waals surface area (Å²) in [4.78, 5) is 23.6. The SMILES string of the molecule is CCOCC(C)NC(=O)N(CC)CCC(=O)O. The van der Waals surface area contributed by atoms with Crippen molar-refractivity contribution in [1.82, 2.24) is 10.2 Å². The van der Waals surface area contributed by atoms with Gasteiger partial charge in [0.1, 0.15) is 0 Å². The number of carboxylic acid groups (broad SMARTS) is 1. The Morgan fingerprint density at radius 2 is 2.06 bits per heavy atom. The van der Waals surface area contributed by atoms with Gasteiger partial charge in [-0.3, -0.25) is 4.79 Å². The van der Waals surface area contributed by atoms with Gasteiger partial charge in [0, 0.05) is 19.7 Å². The van der Waals surface area contributed by atoms with E-state index in [1.54, 1.807) is 0 Å². The maximum atomic E-state index is 11.7. The minimum absolute atomic E-state index is 0.0406. The van der Waals surface area contributed by atoms with E-state index in [4.69, 9.17) is 9.84 Å². The molecular formula is C11H22N2O4. The van der Waals surface area contributed by atoms with Gasteiger partial charge in [0.2, 0.25) is 0 Å². The topological polar surface area (TPSA) is 78.9 Å². The van der Waals surface area contributed by atoms with E-state index >= 15 is 0 Å². The Balaban J connectivity index is 4.02. The molecule has 0 aromatic carbocycles. The van der Waals surface area contributed by atoms with Crippen LogP contribution in [0.25, 0.3) is 0 Å². The minimum Gasteiger partial charge on any atom is -0.481 e. The van der Waals surface area contributed by atoms with Crippen LogP contribution in [0.1, 0.15) is 27.2 Å². The highest BCUT2D eigenvalue weighted by Gasteiger charge is 2.14. The van der Waals surface area contributed by atoms with Crippen molar-refractivity contribution in [3.63, 3.8) is 0 Å². The van der Waals surface area contributed by atoms with Gasteiger partial charge < -0.3 is 20.1 Å². The van der Waals surface area contributed by atoms with Crippen molar-refractivity contribution < 1.29 is 19.4 Å². The highest BCUT2D eigenvalue weighted by atomic mass is 16.5. The van der Waals surface area contributed by atoms with E-state index in [-0.39, 0.29) is 25.0 Å². The molecule has 0 aromatic heterocycles. The fourth-order valence-corrected chi connectivity index (χ4v) is 1.27. The number of nitrogens with one attached hydrogen (secondary N) is 1. The number of amides is 2. The largest absolute Gasteiger partial charge is 0.481 e. The quantitative estimate of drug-likeness (QED) is 0.667. The van der Waals surface area contributed by atoms with Crippen LogP contribution in [0.15, 0.2) is 0 Å². The molecule has 2 N–H and O–H groups in total. The van der Waals surface area contributed by atoms with E-state index in [0.717, 1.165) is 0 Å². The Hall–Kier alpha value is -1.30. The number of urea groups is 1. The number of hydrogen-bond donors (Lipinski definition) is 2. The lowest BCUT2D eigenvalue weighted by Crippen LogP contribution is -2.46. The summed E-state index contributed by atoms with van der Waals surface area (Å²) in [5.41, 5.74) is 0. The molecular weight excluding hydrogens is 224 g/mol. The summed E-state index contributed by atoms with van der Waals surface area (Å²) in [6.45, 7) is 7.32. The Bertz CT molecular complexity index is 246. The van der Waals surface area contributed by atoms with Crippen LogP contribution in [0.5, 0.6) is 0 Å². The summed E-state index contributed by atoms with van der Waals surface area (Å²) in [5.74, 6) is -0.904. The molecule has 0 heterocycles. The third kappa shape index (κ3) is 7.57. The molecule has 2 amide bonds. The maximum Gasteiger partial charge on any atom is 0.317 e. The monoisotopic (exact) mass is 246 g/mol. The number of nitrogens with zero attached hydrogens (tertiary/aromatic N) is 1. The van der Waals surface area contributed by atoms with E-state index in [2.05, 4.69) is 5.32 Å². The van der Waals surface area contributed by atoms with Crippen molar-refractivity contribution in [2.75, 3.05) is 26.3 Å². The first kappa shape index (κ1) is 15.7. The molecule has 17 heavy (non-hydrogen) atoms. The molecule has 6 nitrogen and oxygen atoms in total. The van der Waals surface area contributed by atoms with E-state index in [1.165, 1.54) is 4.90 Å². The summed E-state index contributed by atoms with van der Waals surface area (Å²) in [6.07, 6.45) is -0.0406. The lowest BCUT2D eigenvalue weighted by Gasteiger charge is -2.23. The van der Waals surface area contributed by atoms with Gasteiger partial charge in [-0.15, -0.1) is 0 Å². The molecule has 0 aromatic rings. The first-order valence-electron chi connectivity index (χ1n) is 5.86. The molecule has 1 unspecified atom stereocenters.